The Kier molecular flexibility index (Phi) is 4.62. The van der Waals surface area contributed by atoms with Crippen LogP contribution in [0.15, 0.2) is 46.9 Å². The van der Waals surface area contributed by atoms with Crippen LogP contribution >= 0.6 is 0 Å². The van der Waals surface area contributed by atoms with Crippen LogP contribution in [-0.4, -0.2) is 31.8 Å². The number of carbonyl (C=O) groups excluding carboxylic acids is 1. The Labute approximate surface area is 157 Å². The number of ether oxygens (including phenoxy) is 3. The topological polar surface area (TPSA) is 69.9 Å². The maximum Gasteiger partial charge on any atom is 0.287 e. The molecule has 0 spiro atoms. The molecule has 27 heavy (non-hydrogen) atoms. The van der Waals surface area contributed by atoms with Gasteiger partial charge in [-0.1, -0.05) is 12.1 Å². The first-order valence-electron chi connectivity index (χ1n) is 8.98. The molecule has 6 heteroatoms. The normalized spacial score (nSPS) is 15.6. The van der Waals surface area contributed by atoms with Crippen LogP contribution in [0.4, 0.5) is 0 Å². The summed E-state index contributed by atoms with van der Waals surface area (Å²) >= 11 is 0. The van der Waals surface area contributed by atoms with E-state index in [2.05, 4.69) is 5.32 Å². The number of benzene rings is 2. The molecule has 2 heterocycles. The number of aryl methyl sites for hydroxylation is 1. The minimum atomic E-state index is -0.274. The summed E-state index contributed by atoms with van der Waals surface area (Å²) in [6.45, 7) is 5.10. The van der Waals surface area contributed by atoms with Gasteiger partial charge >= 0.3 is 0 Å². The van der Waals surface area contributed by atoms with E-state index in [1.807, 2.05) is 56.3 Å². The van der Waals surface area contributed by atoms with Crippen molar-refractivity contribution < 1.29 is 23.4 Å². The van der Waals surface area contributed by atoms with E-state index in [9.17, 15) is 4.79 Å². The SMILES string of the molecule is CCOc1ccc2oc(C(=O)NC[C@H]3COc4ccccc4O3)c(C)c2c1. The summed E-state index contributed by atoms with van der Waals surface area (Å²) in [6, 6.07) is 13.0. The number of para-hydroxylation sites is 2. The molecule has 0 radical (unpaired) electrons. The number of fused-ring (bicyclic) bond motifs is 2. The molecular weight excluding hydrogens is 346 g/mol. The van der Waals surface area contributed by atoms with E-state index in [-0.39, 0.29) is 12.0 Å². The van der Waals surface area contributed by atoms with E-state index < -0.39 is 0 Å². The highest BCUT2D eigenvalue weighted by Gasteiger charge is 2.23. The molecule has 3 aromatic rings. The number of nitrogens with one attached hydrogen (secondary N) is 1. The van der Waals surface area contributed by atoms with Crippen LogP contribution in [0.25, 0.3) is 11.0 Å². The molecular formula is C21H21NO5. The van der Waals surface area contributed by atoms with E-state index in [1.165, 1.54) is 0 Å². The fourth-order valence-corrected chi connectivity index (χ4v) is 3.12. The molecule has 0 bridgehead atoms. The first kappa shape index (κ1) is 17.3. The first-order valence-corrected chi connectivity index (χ1v) is 8.98. The van der Waals surface area contributed by atoms with Gasteiger partial charge in [0.2, 0.25) is 0 Å². The van der Waals surface area contributed by atoms with Crippen LogP contribution in [0.2, 0.25) is 0 Å². The lowest BCUT2D eigenvalue weighted by atomic mass is 10.1. The lowest BCUT2D eigenvalue weighted by molar-refractivity contribution is 0.0774. The van der Waals surface area contributed by atoms with Crippen molar-refractivity contribution in [3.05, 3.63) is 53.8 Å². The second-order valence-electron chi connectivity index (χ2n) is 6.35. The van der Waals surface area contributed by atoms with Gasteiger partial charge in [-0.05, 0) is 44.2 Å². The highest BCUT2D eigenvalue weighted by molar-refractivity contribution is 5.99. The number of rotatable bonds is 5. The fourth-order valence-electron chi connectivity index (χ4n) is 3.12. The zero-order valence-electron chi connectivity index (χ0n) is 15.3. The largest absolute Gasteiger partial charge is 0.494 e. The van der Waals surface area contributed by atoms with Gasteiger partial charge in [-0.3, -0.25) is 4.79 Å². The van der Waals surface area contributed by atoms with Crippen molar-refractivity contribution in [1.82, 2.24) is 5.32 Å². The van der Waals surface area contributed by atoms with Crippen molar-refractivity contribution in [2.75, 3.05) is 19.8 Å². The Morgan fingerprint density at radius 1 is 1.22 bits per heavy atom. The van der Waals surface area contributed by atoms with Crippen LogP contribution in [0.1, 0.15) is 23.0 Å². The molecule has 1 aliphatic rings. The Bertz CT molecular complexity index is 978. The van der Waals surface area contributed by atoms with Gasteiger partial charge in [0.25, 0.3) is 5.91 Å². The summed E-state index contributed by atoms with van der Waals surface area (Å²) in [6.07, 6.45) is -0.252. The summed E-state index contributed by atoms with van der Waals surface area (Å²) in [5.41, 5.74) is 1.45. The number of furan rings is 1. The van der Waals surface area contributed by atoms with Gasteiger partial charge in [-0.25, -0.2) is 0 Å². The Morgan fingerprint density at radius 2 is 2.04 bits per heavy atom. The van der Waals surface area contributed by atoms with Gasteiger partial charge < -0.3 is 23.9 Å². The molecule has 4 rings (SSSR count). The zero-order valence-corrected chi connectivity index (χ0v) is 15.3. The zero-order chi connectivity index (χ0) is 18.8. The second-order valence-corrected chi connectivity index (χ2v) is 6.35. The minimum Gasteiger partial charge on any atom is -0.494 e. The summed E-state index contributed by atoms with van der Waals surface area (Å²) < 4.78 is 22.8. The van der Waals surface area contributed by atoms with Crippen molar-refractivity contribution in [2.24, 2.45) is 0 Å². The van der Waals surface area contributed by atoms with Gasteiger partial charge in [0.15, 0.2) is 17.3 Å². The molecule has 1 amide bonds. The third kappa shape index (κ3) is 3.43. The van der Waals surface area contributed by atoms with Crippen LogP contribution in [-0.2, 0) is 0 Å². The van der Waals surface area contributed by atoms with Crippen LogP contribution < -0.4 is 19.5 Å². The quantitative estimate of drug-likeness (QED) is 0.744. The summed E-state index contributed by atoms with van der Waals surface area (Å²) in [5, 5.41) is 3.74. The third-order valence-electron chi connectivity index (χ3n) is 4.48. The fraction of sp³-hybridized carbons (Fsp3) is 0.286. The number of amides is 1. The highest BCUT2D eigenvalue weighted by atomic mass is 16.6. The predicted octanol–water partition coefficient (Wildman–Crippen LogP) is 3.71. The smallest absolute Gasteiger partial charge is 0.287 e. The summed E-state index contributed by atoms with van der Waals surface area (Å²) in [4.78, 5) is 12.6. The van der Waals surface area contributed by atoms with Gasteiger partial charge in [0.05, 0.1) is 13.2 Å². The lowest BCUT2D eigenvalue weighted by Crippen LogP contribution is -2.40. The molecule has 6 nitrogen and oxygen atoms in total. The lowest BCUT2D eigenvalue weighted by Gasteiger charge is -2.26. The van der Waals surface area contributed by atoms with Crippen molar-refractivity contribution in [3.8, 4) is 17.2 Å². The van der Waals surface area contributed by atoms with Crippen molar-refractivity contribution in [1.29, 1.82) is 0 Å². The van der Waals surface area contributed by atoms with E-state index >= 15 is 0 Å². The molecule has 1 aromatic heterocycles. The van der Waals surface area contributed by atoms with Crippen molar-refractivity contribution >= 4 is 16.9 Å². The summed E-state index contributed by atoms with van der Waals surface area (Å²) in [7, 11) is 0. The molecule has 2 aromatic carbocycles. The molecule has 1 atom stereocenters. The van der Waals surface area contributed by atoms with Crippen LogP contribution in [0.5, 0.6) is 17.2 Å². The number of carbonyl (C=O) groups is 1. The minimum absolute atomic E-state index is 0.252. The average molecular weight is 367 g/mol. The third-order valence-corrected chi connectivity index (χ3v) is 4.48. The van der Waals surface area contributed by atoms with E-state index in [1.54, 1.807) is 0 Å². The van der Waals surface area contributed by atoms with Crippen molar-refractivity contribution in [2.45, 2.75) is 20.0 Å². The maximum atomic E-state index is 12.6. The molecule has 0 fully saturated rings. The van der Waals surface area contributed by atoms with Gasteiger partial charge in [-0.2, -0.15) is 0 Å². The Morgan fingerprint density at radius 3 is 2.85 bits per heavy atom. The maximum absolute atomic E-state index is 12.6. The molecule has 0 aliphatic carbocycles. The molecule has 1 N–H and O–H groups in total. The van der Waals surface area contributed by atoms with E-state index in [0.717, 1.165) is 22.4 Å². The average Bonchev–Trinajstić information content (AvgIpc) is 3.02. The highest BCUT2D eigenvalue weighted by Crippen LogP contribution is 2.31. The van der Waals surface area contributed by atoms with Gasteiger partial charge in [0.1, 0.15) is 24.0 Å². The Hall–Kier alpha value is -3.15. The molecule has 0 unspecified atom stereocenters. The molecule has 0 saturated heterocycles. The van der Waals surface area contributed by atoms with Gasteiger partial charge in [-0.15, -0.1) is 0 Å². The van der Waals surface area contributed by atoms with Crippen LogP contribution in [0.3, 0.4) is 0 Å². The van der Waals surface area contributed by atoms with Crippen molar-refractivity contribution in [3.63, 3.8) is 0 Å². The van der Waals surface area contributed by atoms with E-state index in [4.69, 9.17) is 18.6 Å². The summed E-state index contributed by atoms with van der Waals surface area (Å²) in [5.74, 6) is 2.19. The predicted molar refractivity (Wildman–Crippen MR) is 101 cm³/mol. The monoisotopic (exact) mass is 367 g/mol. The first-order chi connectivity index (χ1) is 13.2. The Balaban J connectivity index is 1.45. The molecule has 0 saturated carbocycles. The molecule has 140 valence electrons. The standard InChI is InChI=1S/C21H21NO5/c1-3-24-14-8-9-17-16(10-14)13(2)20(27-17)21(23)22-11-15-12-25-18-6-4-5-7-19(18)26-15/h4-10,15H,3,11-12H2,1-2H3,(H,22,23)/t15-/m0/s1. The molecule has 1 aliphatic heterocycles. The van der Waals surface area contributed by atoms with Gasteiger partial charge in [0, 0.05) is 10.9 Å². The van der Waals surface area contributed by atoms with E-state index in [0.29, 0.717) is 36.9 Å². The number of hydrogen-bond acceptors (Lipinski definition) is 5. The van der Waals surface area contributed by atoms with Crippen LogP contribution in [0, 0.1) is 6.92 Å². The second kappa shape index (κ2) is 7.23. The number of hydrogen-bond donors (Lipinski definition) is 1.